The van der Waals surface area contributed by atoms with Crippen molar-refractivity contribution in [2.75, 3.05) is 10.6 Å². The number of hydrogen-bond acceptors (Lipinski definition) is 4. The molecule has 0 aliphatic heterocycles. The number of hydrogen-bond donors (Lipinski definition) is 2. The third-order valence-corrected chi connectivity index (χ3v) is 2.56. The molecule has 1 aromatic heterocycles. The van der Waals surface area contributed by atoms with E-state index in [1.807, 2.05) is 0 Å². The fourth-order valence-corrected chi connectivity index (χ4v) is 1.71. The number of rotatable bonds is 5. The van der Waals surface area contributed by atoms with Crippen LogP contribution in [0.1, 0.15) is 23.9 Å². The first-order valence-corrected chi connectivity index (χ1v) is 6.29. The van der Waals surface area contributed by atoms with E-state index < -0.39 is 5.91 Å². The Hall–Kier alpha value is -2.89. The van der Waals surface area contributed by atoms with Gasteiger partial charge in [0.15, 0.2) is 5.76 Å². The monoisotopic (exact) mass is 286 g/mol. The number of nitrogens with one attached hydrogen (secondary N) is 2. The molecular weight excluding hydrogens is 272 g/mol. The van der Waals surface area contributed by atoms with Crippen molar-refractivity contribution >= 4 is 29.0 Å². The maximum Gasteiger partial charge on any atom is 0.291 e. The van der Waals surface area contributed by atoms with Crippen molar-refractivity contribution in [2.24, 2.45) is 0 Å². The van der Waals surface area contributed by atoms with Crippen LogP contribution in [0.2, 0.25) is 0 Å². The molecule has 0 bridgehead atoms. The lowest BCUT2D eigenvalue weighted by Crippen LogP contribution is -2.15. The maximum absolute atomic E-state index is 11.8. The molecule has 2 rings (SSSR count). The summed E-state index contributed by atoms with van der Waals surface area (Å²) >= 11 is 0. The van der Waals surface area contributed by atoms with Crippen LogP contribution < -0.4 is 10.6 Å². The molecule has 1 aromatic carbocycles. The number of furan rings is 1. The number of benzene rings is 1. The van der Waals surface area contributed by atoms with E-state index >= 15 is 0 Å². The Morgan fingerprint density at radius 3 is 2.38 bits per heavy atom. The molecule has 0 aliphatic rings. The van der Waals surface area contributed by atoms with E-state index in [9.17, 15) is 14.4 Å². The second-order valence-corrected chi connectivity index (χ2v) is 4.44. The zero-order chi connectivity index (χ0) is 15.2. The maximum atomic E-state index is 11.8. The Morgan fingerprint density at radius 2 is 1.76 bits per heavy atom. The van der Waals surface area contributed by atoms with E-state index in [2.05, 4.69) is 10.6 Å². The van der Waals surface area contributed by atoms with Crippen LogP contribution in [0.5, 0.6) is 0 Å². The van der Waals surface area contributed by atoms with E-state index in [1.165, 1.54) is 13.2 Å². The van der Waals surface area contributed by atoms with Gasteiger partial charge in [-0.15, -0.1) is 0 Å². The standard InChI is InChI=1S/C15H14N2O4/c1-10(18)8-14(19)16-11-4-2-5-12(9-11)17-15(20)13-6-3-7-21-13/h2-7,9H,8H2,1H3,(H,16,19)(H,17,20). The molecule has 0 fully saturated rings. The molecule has 0 spiro atoms. The van der Waals surface area contributed by atoms with Crippen LogP contribution in [-0.2, 0) is 9.59 Å². The van der Waals surface area contributed by atoms with Gasteiger partial charge in [-0.25, -0.2) is 0 Å². The topological polar surface area (TPSA) is 88.4 Å². The van der Waals surface area contributed by atoms with E-state index in [4.69, 9.17) is 4.42 Å². The van der Waals surface area contributed by atoms with Gasteiger partial charge in [0.1, 0.15) is 5.78 Å². The van der Waals surface area contributed by atoms with Gasteiger partial charge in [-0.3, -0.25) is 14.4 Å². The summed E-state index contributed by atoms with van der Waals surface area (Å²) in [6.45, 7) is 1.35. The lowest BCUT2D eigenvalue weighted by atomic mass is 10.2. The van der Waals surface area contributed by atoms with Gasteiger partial charge in [-0.05, 0) is 37.3 Å². The van der Waals surface area contributed by atoms with Crippen molar-refractivity contribution in [2.45, 2.75) is 13.3 Å². The second-order valence-electron chi connectivity index (χ2n) is 4.44. The predicted octanol–water partition coefficient (Wildman–Crippen LogP) is 2.45. The highest BCUT2D eigenvalue weighted by Gasteiger charge is 2.10. The molecule has 6 heteroatoms. The average molecular weight is 286 g/mol. The molecule has 2 N–H and O–H groups in total. The lowest BCUT2D eigenvalue weighted by molar-refractivity contribution is -0.124. The molecule has 0 saturated carbocycles. The molecule has 0 radical (unpaired) electrons. The van der Waals surface area contributed by atoms with Crippen molar-refractivity contribution < 1.29 is 18.8 Å². The van der Waals surface area contributed by atoms with Crippen molar-refractivity contribution in [3.05, 3.63) is 48.4 Å². The lowest BCUT2D eigenvalue weighted by Gasteiger charge is -2.07. The Bertz CT molecular complexity index is 662. The van der Waals surface area contributed by atoms with Gasteiger partial charge >= 0.3 is 0 Å². The zero-order valence-electron chi connectivity index (χ0n) is 11.4. The van der Waals surface area contributed by atoms with Crippen LogP contribution in [0.3, 0.4) is 0 Å². The molecule has 0 saturated heterocycles. The van der Waals surface area contributed by atoms with Crippen molar-refractivity contribution in [1.29, 1.82) is 0 Å². The van der Waals surface area contributed by atoms with Gasteiger partial charge in [0.25, 0.3) is 5.91 Å². The number of anilines is 2. The molecule has 0 unspecified atom stereocenters. The van der Waals surface area contributed by atoms with Crippen LogP contribution >= 0.6 is 0 Å². The molecule has 2 amide bonds. The molecule has 6 nitrogen and oxygen atoms in total. The van der Waals surface area contributed by atoms with Crippen LogP contribution in [0, 0.1) is 0 Å². The largest absolute Gasteiger partial charge is 0.459 e. The summed E-state index contributed by atoms with van der Waals surface area (Å²) in [7, 11) is 0. The fraction of sp³-hybridized carbons (Fsp3) is 0.133. The predicted molar refractivity (Wildman–Crippen MR) is 77.0 cm³/mol. The van der Waals surface area contributed by atoms with Crippen LogP contribution in [0.4, 0.5) is 11.4 Å². The third kappa shape index (κ3) is 4.31. The quantitative estimate of drug-likeness (QED) is 0.826. The highest BCUT2D eigenvalue weighted by molar-refractivity contribution is 6.05. The Kier molecular flexibility index (Phi) is 4.50. The van der Waals surface area contributed by atoms with E-state index in [0.29, 0.717) is 11.4 Å². The molecule has 2 aromatic rings. The minimum atomic E-state index is -0.392. The molecular formula is C15H14N2O4. The smallest absolute Gasteiger partial charge is 0.291 e. The summed E-state index contributed by atoms with van der Waals surface area (Å²) in [6, 6.07) is 9.79. The Balaban J connectivity index is 2.02. The van der Waals surface area contributed by atoms with E-state index in [-0.39, 0.29) is 23.9 Å². The number of Topliss-reactive ketones (excluding diaryl/α,β-unsaturated/α-hetero) is 1. The Labute approximate surface area is 121 Å². The summed E-state index contributed by atoms with van der Waals surface area (Å²) in [5.74, 6) is -0.792. The fourth-order valence-electron chi connectivity index (χ4n) is 1.71. The first-order valence-electron chi connectivity index (χ1n) is 6.29. The number of carbonyl (C=O) groups is 3. The molecule has 108 valence electrons. The SMILES string of the molecule is CC(=O)CC(=O)Nc1cccc(NC(=O)c2ccco2)c1. The molecule has 1 heterocycles. The van der Waals surface area contributed by atoms with Gasteiger partial charge in [0, 0.05) is 11.4 Å². The minimum Gasteiger partial charge on any atom is -0.459 e. The van der Waals surface area contributed by atoms with Crippen LogP contribution in [-0.4, -0.2) is 17.6 Å². The van der Waals surface area contributed by atoms with Gasteiger partial charge < -0.3 is 15.1 Å². The molecule has 0 aliphatic carbocycles. The van der Waals surface area contributed by atoms with Crippen LogP contribution in [0.15, 0.2) is 47.1 Å². The van der Waals surface area contributed by atoms with Gasteiger partial charge in [0.2, 0.25) is 5.91 Å². The van der Waals surface area contributed by atoms with Gasteiger partial charge in [-0.2, -0.15) is 0 Å². The summed E-state index contributed by atoms with van der Waals surface area (Å²) < 4.78 is 4.99. The van der Waals surface area contributed by atoms with Gasteiger partial charge in [-0.1, -0.05) is 6.07 Å². The average Bonchev–Trinajstić information content (AvgIpc) is 2.91. The van der Waals surface area contributed by atoms with Gasteiger partial charge in [0.05, 0.1) is 12.7 Å². The Morgan fingerprint density at radius 1 is 1.05 bits per heavy atom. The third-order valence-electron chi connectivity index (χ3n) is 2.56. The summed E-state index contributed by atoms with van der Waals surface area (Å²) in [5, 5.41) is 5.23. The number of amides is 2. The molecule has 21 heavy (non-hydrogen) atoms. The summed E-state index contributed by atoms with van der Waals surface area (Å²) in [5.41, 5.74) is 1.01. The van der Waals surface area contributed by atoms with E-state index in [1.54, 1.807) is 36.4 Å². The summed E-state index contributed by atoms with van der Waals surface area (Å²) in [6.07, 6.45) is 1.23. The highest BCUT2D eigenvalue weighted by Crippen LogP contribution is 2.16. The van der Waals surface area contributed by atoms with Crippen LogP contribution in [0.25, 0.3) is 0 Å². The normalized spacial score (nSPS) is 9.95. The van der Waals surface area contributed by atoms with Crippen molar-refractivity contribution in [1.82, 2.24) is 0 Å². The van der Waals surface area contributed by atoms with Crippen molar-refractivity contribution in [3.8, 4) is 0 Å². The summed E-state index contributed by atoms with van der Waals surface area (Å²) in [4.78, 5) is 34.2. The first kappa shape index (κ1) is 14.5. The minimum absolute atomic E-state index is 0.178. The highest BCUT2D eigenvalue weighted by atomic mass is 16.3. The second kappa shape index (κ2) is 6.51. The number of ketones is 1. The van der Waals surface area contributed by atoms with Crippen molar-refractivity contribution in [3.63, 3.8) is 0 Å². The molecule has 0 atom stereocenters. The first-order chi connectivity index (χ1) is 10.0. The van der Waals surface area contributed by atoms with E-state index in [0.717, 1.165) is 0 Å². The number of carbonyl (C=O) groups excluding carboxylic acids is 3. The zero-order valence-corrected chi connectivity index (χ0v) is 11.4.